The van der Waals surface area contributed by atoms with Crippen LogP contribution in [-0.4, -0.2) is 25.1 Å². The Morgan fingerprint density at radius 3 is 2.18 bits per heavy atom. The van der Waals surface area contributed by atoms with Gasteiger partial charge in [0.1, 0.15) is 5.75 Å². The van der Waals surface area contributed by atoms with Gasteiger partial charge in [0.25, 0.3) is 0 Å². The minimum atomic E-state index is -0.339. The summed E-state index contributed by atoms with van der Waals surface area (Å²) < 4.78 is 5.54. The van der Waals surface area contributed by atoms with Gasteiger partial charge >= 0.3 is 12.0 Å². The summed E-state index contributed by atoms with van der Waals surface area (Å²) in [6.45, 7) is 14.4. The topological polar surface area (TPSA) is 70.7 Å². The minimum absolute atomic E-state index is 0.263. The van der Waals surface area contributed by atoms with Crippen molar-refractivity contribution in [3.8, 4) is 5.75 Å². The second kappa shape index (κ2) is 12.9. The molecule has 0 atom stereocenters. The van der Waals surface area contributed by atoms with Crippen LogP contribution < -0.4 is 20.3 Å². The Hall–Kier alpha value is -3.02. The van der Waals surface area contributed by atoms with Gasteiger partial charge in [-0.1, -0.05) is 59.2 Å². The summed E-state index contributed by atoms with van der Waals surface area (Å²) >= 11 is 0. The Morgan fingerprint density at radius 1 is 0.939 bits per heavy atom. The molecular weight excluding hydrogens is 414 g/mol. The van der Waals surface area contributed by atoms with Gasteiger partial charge in [0.15, 0.2) is 0 Å². The summed E-state index contributed by atoms with van der Waals surface area (Å²) in [7, 11) is 0. The average Bonchev–Trinajstić information content (AvgIpc) is 2.73. The number of nitrogens with zero attached hydrogens (tertiary/aromatic N) is 1. The van der Waals surface area contributed by atoms with E-state index in [1.165, 1.54) is 0 Å². The Labute approximate surface area is 198 Å². The molecule has 0 aliphatic rings. The fourth-order valence-corrected chi connectivity index (χ4v) is 3.60. The van der Waals surface area contributed by atoms with E-state index in [2.05, 4.69) is 43.2 Å². The second-order valence-corrected chi connectivity index (χ2v) is 9.34. The number of para-hydroxylation sites is 1. The molecule has 0 radical (unpaired) electrons. The first-order valence-corrected chi connectivity index (χ1v) is 11.9. The standard InChI is InChI=1S/C27H39N3O3/c1-7-8-13-26(31)33-22-14-15-25(30(17-19(2)3)18-20(4)5)24(16-22)29-27(32)28-23-12-10-9-11-21(23)6/h9-12,14-16,19-20H,7-8,13,17-18H2,1-6H3,(H2,28,29,32). The monoisotopic (exact) mass is 453 g/mol. The van der Waals surface area contributed by atoms with Crippen LogP contribution in [0.4, 0.5) is 21.9 Å². The number of aryl methyl sites for hydroxylation is 1. The van der Waals surface area contributed by atoms with Crippen LogP contribution in [0.5, 0.6) is 5.75 Å². The van der Waals surface area contributed by atoms with Crippen molar-refractivity contribution in [1.29, 1.82) is 0 Å². The van der Waals surface area contributed by atoms with E-state index in [4.69, 9.17) is 4.74 Å². The van der Waals surface area contributed by atoms with Crippen LogP contribution in [0.3, 0.4) is 0 Å². The molecule has 2 rings (SSSR count). The number of benzene rings is 2. The summed E-state index contributed by atoms with van der Waals surface area (Å²) in [5.74, 6) is 1.06. The number of nitrogens with one attached hydrogen (secondary N) is 2. The van der Waals surface area contributed by atoms with E-state index in [-0.39, 0.29) is 12.0 Å². The lowest BCUT2D eigenvalue weighted by atomic mass is 10.1. The Morgan fingerprint density at radius 2 is 1.58 bits per heavy atom. The van der Waals surface area contributed by atoms with Crippen molar-refractivity contribution < 1.29 is 14.3 Å². The minimum Gasteiger partial charge on any atom is -0.426 e. The molecule has 6 nitrogen and oxygen atoms in total. The summed E-state index contributed by atoms with van der Waals surface area (Å²) in [4.78, 5) is 27.3. The number of carbonyl (C=O) groups excluding carboxylic acids is 2. The molecule has 0 heterocycles. The Balaban J connectivity index is 2.33. The highest BCUT2D eigenvalue weighted by Gasteiger charge is 2.18. The van der Waals surface area contributed by atoms with Gasteiger partial charge in [-0.2, -0.15) is 0 Å². The molecule has 2 aromatic carbocycles. The largest absolute Gasteiger partial charge is 0.426 e. The molecule has 6 heteroatoms. The van der Waals surface area contributed by atoms with Crippen LogP contribution >= 0.6 is 0 Å². The van der Waals surface area contributed by atoms with Gasteiger partial charge in [0.2, 0.25) is 0 Å². The third-order valence-electron chi connectivity index (χ3n) is 5.09. The van der Waals surface area contributed by atoms with E-state index >= 15 is 0 Å². The fourth-order valence-electron chi connectivity index (χ4n) is 3.60. The predicted molar refractivity (Wildman–Crippen MR) is 137 cm³/mol. The zero-order valence-electron chi connectivity index (χ0n) is 20.9. The molecule has 2 N–H and O–H groups in total. The SMILES string of the molecule is CCCCC(=O)Oc1ccc(N(CC(C)C)CC(C)C)c(NC(=O)Nc2ccccc2C)c1. The molecule has 0 saturated heterocycles. The van der Waals surface area contributed by atoms with E-state index in [0.29, 0.717) is 29.7 Å². The van der Waals surface area contributed by atoms with Crippen molar-refractivity contribution in [1.82, 2.24) is 0 Å². The van der Waals surface area contributed by atoms with Crippen molar-refractivity contribution >= 4 is 29.1 Å². The number of hydrogen-bond acceptors (Lipinski definition) is 4. The van der Waals surface area contributed by atoms with Crippen molar-refractivity contribution in [3.05, 3.63) is 48.0 Å². The third-order valence-corrected chi connectivity index (χ3v) is 5.09. The van der Waals surface area contributed by atoms with E-state index < -0.39 is 0 Å². The molecule has 0 fully saturated rings. The lowest BCUT2D eigenvalue weighted by Crippen LogP contribution is -2.32. The van der Waals surface area contributed by atoms with Crippen molar-refractivity contribution in [2.45, 2.75) is 60.8 Å². The van der Waals surface area contributed by atoms with Crippen LogP contribution in [0, 0.1) is 18.8 Å². The highest BCUT2D eigenvalue weighted by molar-refractivity contribution is 6.02. The molecule has 0 bridgehead atoms. The molecule has 0 aromatic heterocycles. The molecule has 180 valence electrons. The molecule has 0 spiro atoms. The van der Waals surface area contributed by atoms with Crippen LogP contribution in [0.1, 0.15) is 59.4 Å². The first-order valence-electron chi connectivity index (χ1n) is 11.9. The molecule has 2 aromatic rings. The zero-order chi connectivity index (χ0) is 24.4. The van der Waals surface area contributed by atoms with Gasteiger partial charge in [-0.25, -0.2) is 4.79 Å². The molecular formula is C27H39N3O3. The van der Waals surface area contributed by atoms with Crippen molar-refractivity contribution in [3.63, 3.8) is 0 Å². The number of carbonyl (C=O) groups is 2. The number of hydrogen-bond donors (Lipinski definition) is 2. The summed E-state index contributed by atoms with van der Waals surface area (Å²) in [5, 5.41) is 5.91. The van der Waals surface area contributed by atoms with Gasteiger partial charge in [-0.05, 0) is 48.9 Å². The molecule has 0 aliphatic heterocycles. The number of rotatable bonds is 11. The zero-order valence-corrected chi connectivity index (χ0v) is 20.9. The number of anilines is 3. The van der Waals surface area contributed by atoms with E-state index in [1.807, 2.05) is 44.2 Å². The normalized spacial score (nSPS) is 10.9. The van der Waals surface area contributed by atoms with Gasteiger partial charge in [0, 0.05) is 31.3 Å². The van der Waals surface area contributed by atoms with Gasteiger partial charge in [-0.15, -0.1) is 0 Å². The maximum atomic E-state index is 12.9. The van der Waals surface area contributed by atoms with E-state index in [1.54, 1.807) is 12.1 Å². The third kappa shape index (κ3) is 8.79. The molecule has 33 heavy (non-hydrogen) atoms. The molecule has 0 aliphatic carbocycles. The quantitative estimate of drug-likeness (QED) is 0.288. The summed E-state index contributed by atoms with van der Waals surface area (Å²) in [6, 6.07) is 12.8. The smallest absolute Gasteiger partial charge is 0.323 e. The first kappa shape index (κ1) is 26.2. The fraction of sp³-hybridized carbons (Fsp3) is 0.481. The van der Waals surface area contributed by atoms with Crippen LogP contribution in [0.25, 0.3) is 0 Å². The predicted octanol–water partition coefficient (Wildman–Crippen LogP) is 6.85. The Bertz CT molecular complexity index is 915. The number of urea groups is 1. The van der Waals surface area contributed by atoms with Crippen LogP contribution in [0.2, 0.25) is 0 Å². The molecule has 0 saturated carbocycles. The second-order valence-electron chi connectivity index (χ2n) is 9.34. The summed E-state index contributed by atoms with van der Waals surface area (Å²) in [6.07, 6.45) is 2.10. The van der Waals surface area contributed by atoms with Crippen molar-refractivity contribution in [2.75, 3.05) is 28.6 Å². The number of unbranched alkanes of at least 4 members (excludes halogenated alkanes) is 1. The lowest BCUT2D eigenvalue weighted by Gasteiger charge is -2.30. The van der Waals surface area contributed by atoms with E-state index in [0.717, 1.165) is 42.9 Å². The number of amides is 2. The lowest BCUT2D eigenvalue weighted by molar-refractivity contribution is -0.134. The maximum Gasteiger partial charge on any atom is 0.323 e. The maximum absolute atomic E-state index is 12.9. The van der Waals surface area contributed by atoms with Crippen molar-refractivity contribution in [2.24, 2.45) is 11.8 Å². The summed E-state index contributed by atoms with van der Waals surface area (Å²) in [5.41, 5.74) is 3.25. The van der Waals surface area contributed by atoms with E-state index in [9.17, 15) is 9.59 Å². The number of ether oxygens (including phenoxy) is 1. The molecule has 2 amide bonds. The highest BCUT2D eigenvalue weighted by atomic mass is 16.5. The van der Waals surface area contributed by atoms with Gasteiger partial charge < -0.3 is 20.3 Å². The van der Waals surface area contributed by atoms with Crippen LogP contribution in [-0.2, 0) is 4.79 Å². The molecule has 0 unspecified atom stereocenters. The Kier molecular flexibility index (Phi) is 10.2. The van der Waals surface area contributed by atoms with Gasteiger partial charge in [0.05, 0.1) is 11.4 Å². The van der Waals surface area contributed by atoms with Gasteiger partial charge in [-0.3, -0.25) is 4.79 Å². The highest BCUT2D eigenvalue weighted by Crippen LogP contribution is 2.32. The first-order chi connectivity index (χ1) is 15.7. The van der Waals surface area contributed by atoms with Crippen LogP contribution in [0.15, 0.2) is 42.5 Å². The average molecular weight is 454 g/mol. The number of esters is 1.